The lowest BCUT2D eigenvalue weighted by molar-refractivity contribution is -0.144. The van der Waals surface area contributed by atoms with Gasteiger partial charge in [-0.1, -0.05) is 29.8 Å². The number of sulfonamides is 1. The van der Waals surface area contributed by atoms with Gasteiger partial charge in [-0.05, 0) is 37.3 Å². The number of hydrogen-bond acceptors (Lipinski definition) is 5. The fraction of sp³-hybridized carbons (Fsp3) is 0.222. The molecule has 1 amide bonds. The Balaban J connectivity index is 2.07. The molecule has 7 nitrogen and oxygen atoms in total. The topological polar surface area (TPSA) is 102 Å². The number of para-hydroxylation sites is 1. The number of anilines is 2. The Labute approximate surface area is 162 Å². The second-order valence-electron chi connectivity index (χ2n) is 5.47. The molecule has 0 radical (unpaired) electrons. The number of ether oxygens (including phenoxy) is 1. The molecule has 0 aliphatic rings. The molecule has 0 unspecified atom stereocenters. The van der Waals surface area contributed by atoms with Gasteiger partial charge in [0.1, 0.15) is 0 Å². The molecule has 0 atom stereocenters. The molecule has 9 heteroatoms. The first-order valence-electron chi connectivity index (χ1n) is 8.14. The number of rotatable bonds is 8. The van der Waals surface area contributed by atoms with Gasteiger partial charge in [-0.15, -0.1) is 0 Å². The fourth-order valence-electron chi connectivity index (χ4n) is 2.16. The van der Waals surface area contributed by atoms with Gasteiger partial charge in [0.2, 0.25) is 5.91 Å². The third kappa shape index (κ3) is 6.26. The Bertz CT molecular complexity index is 931. The van der Waals surface area contributed by atoms with E-state index >= 15 is 0 Å². The first-order valence-corrected chi connectivity index (χ1v) is 10.0. The maximum absolute atomic E-state index is 12.5. The maximum atomic E-state index is 12.5. The van der Waals surface area contributed by atoms with Gasteiger partial charge in [-0.3, -0.25) is 14.3 Å². The molecule has 2 N–H and O–H groups in total. The van der Waals surface area contributed by atoms with Gasteiger partial charge in [0, 0.05) is 12.1 Å². The first-order chi connectivity index (χ1) is 12.8. The summed E-state index contributed by atoms with van der Waals surface area (Å²) in [7, 11) is -3.89. The smallest absolute Gasteiger partial charge is 0.306 e. The van der Waals surface area contributed by atoms with E-state index in [1.165, 1.54) is 18.2 Å². The molecule has 0 fully saturated rings. The number of carbonyl (C=O) groups excluding carboxylic acids is 2. The van der Waals surface area contributed by atoms with Crippen LogP contribution in [0.3, 0.4) is 0 Å². The lowest BCUT2D eigenvalue weighted by atomic mass is 10.2. The highest BCUT2D eigenvalue weighted by molar-refractivity contribution is 7.92. The third-order valence-corrected chi connectivity index (χ3v) is 5.10. The van der Waals surface area contributed by atoms with Crippen LogP contribution >= 0.6 is 11.6 Å². The second-order valence-corrected chi connectivity index (χ2v) is 7.56. The Morgan fingerprint density at radius 3 is 2.52 bits per heavy atom. The van der Waals surface area contributed by atoms with Crippen LogP contribution in [0.4, 0.5) is 11.4 Å². The summed E-state index contributed by atoms with van der Waals surface area (Å²) in [4.78, 5) is 23.2. The van der Waals surface area contributed by atoms with Crippen LogP contribution in [0.25, 0.3) is 0 Å². The quantitative estimate of drug-likeness (QED) is 0.649. The largest absolute Gasteiger partial charge is 0.466 e. The highest BCUT2D eigenvalue weighted by atomic mass is 35.5. The van der Waals surface area contributed by atoms with Crippen LogP contribution in [0.15, 0.2) is 53.4 Å². The minimum absolute atomic E-state index is 0.0365. The summed E-state index contributed by atoms with van der Waals surface area (Å²) in [5, 5.41) is 2.83. The SMILES string of the molecule is CCOC(=O)CCC(=O)Nc1cccc(S(=O)(=O)Nc2ccccc2Cl)c1. The Morgan fingerprint density at radius 2 is 1.81 bits per heavy atom. The molecule has 0 heterocycles. The molecule has 2 rings (SSSR count). The van der Waals surface area contributed by atoms with Crippen molar-refractivity contribution in [1.29, 1.82) is 0 Å². The molecule has 144 valence electrons. The third-order valence-electron chi connectivity index (χ3n) is 3.41. The molecule has 0 bridgehead atoms. The van der Waals surface area contributed by atoms with E-state index in [2.05, 4.69) is 10.0 Å². The summed E-state index contributed by atoms with van der Waals surface area (Å²) >= 11 is 5.98. The Hall–Kier alpha value is -2.58. The van der Waals surface area contributed by atoms with Crippen molar-refractivity contribution in [1.82, 2.24) is 0 Å². The summed E-state index contributed by atoms with van der Waals surface area (Å²) < 4.78 is 32.2. The van der Waals surface area contributed by atoms with Crippen molar-refractivity contribution in [2.24, 2.45) is 0 Å². The van der Waals surface area contributed by atoms with E-state index in [1.807, 2.05) is 0 Å². The van der Waals surface area contributed by atoms with Gasteiger partial charge < -0.3 is 10.1 Å². The first kappa shape index (κ1) is 20.7. The lowest BCUT2D eigenvalue weighted by Gasteiger charge is -2.11. The molecular formula is C18H19ClN2O5S. The van der Waals surface area contributed by atoms with Gasteiger partial charge >= 0.3 is 5.97 Å². The second kappa shape index (κ2) is 9.38. The van der Waals surface area contributed by atoms with E-state index in [0.717, 1.165) is 0 Å². The van der Waals surface area contributed by atoms with E-state index in [0.29, 0.717) is 5.69 Å². The molecule has 0 spiro atoms. The van der Waals surface area contributed by atoms with Crippen LogP contribution in [0, 0.1) is 0 Å². The van der Waals surface area contributed by atoms with Crippen LogP contribution in [-0.4, -0.2) is 26.9 Å². The predicted molar refractivity (Wildman–Crippen MR) is 103 cm³/mol. The lowest BCUT2D eigenvalue weighted by Crippen LogP contribution is -2.16. The molecule has 27 heavy (non-hydrogen) atoms. The number of carbonyl (C=O) groups is 2. The van der Waals surface area contributed by atoms with Crippen LogP contribution < -0.4 is 10.0 Å². The van der Waals surface area contributed by atoms with E-state index in [1.54, 1.807) is 37.3 Å². The molecule has 0 saturated heterocycles. The summed E-state index contributed by atoms with van der Waals surface area (Å²) in [6.45, 7) is 1.93. The van der Waals surface area contributed by atoms with Crippen molar-refractivity contribution in [3.05, 3.63) is 53.6 Å². The van der Waals surface area contributed by atoms with Gasteiger partial charge in [0.05, 0.1) is 28.6 Å². The molecular weight excluding hydrogens is 392 g/mol. The molecule has 0 aliphatic carbocycles. The normalized spacial score (nSPS) is 10.9. The Morgan fingerprint density at radius 1 is 1.07 bits per heavy atom. The van der Waals surface area contributed by atoms with Gasteiger partial charge in [-0.2, -0.15) is 0 Å². The summed E-state index contributed by atoms with van der Waals surface area (Å²) in [5.74, 6) is -0.885. The average molecular weight is 411 g/mol. The minimum atomic E-state index is -3.89. The predicted octanol–water partition coefficient (Wildman–Crippen LogP) is 3.42. The zero-order valence-corrected chi connectivity index (χ0v) is 16.1. The maximum Gasteiger partial charge on any atom is 0.306 e. The zero-order valence-electron chi connectivity index (χ0n) is 14.6. The van der Waals surface area contributed by atoms with Gasteiger partial charge in [-0.25, -0.2) is 8.42 Å². The van der Waals surface area contributed by atoms with Crippen molar-refractivity contribution in [3.8, 4) is 0 Å². The van der Waals surface area contributed by atoms with E-state index in [9.17, 15) is 18.0 Å². The van der Waals surface area contributed by atoms with Gasteiger partial charge in [0.15, 0.2) is 0 Å². The number of hydrogen-bond donors (Lipinski definition) is 2. The van der Waals surface area contributed by atoms with Crippen molar-refractivity contribution in [2.75, 3.05) is 16.6 Å². The highest BCUT2D eigenvalue weighted by Crippen LogP contribution is 2.25. The molecule has 2 aromatic carbocycles. The van der Waals surface area contributed by atoms with Crippen LogP contribution in [0.2, 0.25) is 5.02 Å². The number of halogens is 1. The summed E-state index contributed by atoms with van der Waals surface area (Å²) in [6.07, 6.45) is -0.112. The molecule has 2 aromatic rings. The molecule has 0 aliphatic heterocycles. The van der Waals surface area contributed by atoms with E-state index in [4.69, 9.17) is 16.3 Å². The summed E-state index contributed by atoms with van der Waals surface area (Å²) in [6, 6.07) is 12.2. The van der Waals surface area contributed by atoms with Crippen LogP contribution in [0.5, 0.6) is 0 Å². The van der Waals surface area contributed by atoms with Crippen molar-refractivity contribution in [2.45, 2.75) is 24.7 Å². The number of esters is 1. The molecule has 0 aromatic heterocycles. The van der Waals surface area contributed by atoms with E-state index in [-0.39, 0.29) is 35.1 Å². The van der Waals surface area contributed by atoms with Gasteiger partial charge in [0.25, 0.3) is 10.0 Å². The van der Waals surface area contributed by atoms with Crippen molar-refractivity contribution >= 4 is 44.9 Å². The Kier molecular flexibility index (Phi) is 7.20. The zero-order chi connectivity index (χ0) is 19.9. The molecule has 0 saturated carbocycles. The van der Waals surface area contributed by atoms with E-state index < -0.39 is 21.9 Å². The highest BCUT2D eigenvalue weighted by Gasteiger charge is 2.16. The van der Waals surface area contributed by atoms with Crippen LogP contribution in [-0.2, 0) is 24.3 Å². The van der Waals surface area contributed by atoms with Crippen molar-refractivity contribution < 1.29 is 22.7 Å². The summed E-state index contributed by atoms with van der Waals surface area (Å²) in [5.41, 5.74) is 0.550. The monoisotopic (exact) mass is 410 g/mol. The average Bonchev–Trinajstić information content (AvgIpc) is 2.62. The number of benzene rings is 2. The standard InChI is InChI=1S/C18H19ClN2O5S/c1-2-26-18(23)11-10-17(22)20-13-6-5-7-14(12-13)27(24,25)21-16-9-4-3-8-15(16)19/h3-9,12,21H,2,10-11H2,1H3,(H,20,22). The number of amides is 1. The minimum Gasteiger partial charge on any atom is -0.466 e. The van der Waals surface area contributed by atoms with Crippen LogP contribution in [0.1, 0.15) is 19.8 Å². The number of nitrogens with one attached hydrogen (secondary N) is 2. The fourth-order valence-corrected chi connectivity index (χ4v) is 3.53. The van der Waals surface area contributed by atoms with Crippen molar-refractivity contribution in [3.63, 3.8) is 0 Å².